The zero-order valence-corrected chi connectivity index (χ0v) is 11.6. The van der Waals surface area contributed by atoms with Crippen molar-refractivity contribution in [2.45, 2.75) is 58.9 Å². The number of nitrogens with one attached hydrogen (secondary N) is 1. The first-order valence-corrected chi connectivity index (χ1v) is 6.92. The summed E-state index contributed by atoms with van der Waals surface area (Å²) in [5.41, 5.74) is 0. The van der Waals surface area contributed by atoms with Crippen LogP contribution in [0.4, 0.5) is 0 Å². The zero-order chi connectivity index (χ0) is 13.7. The molecular weight excluding hydrogens is 230 g/mol. The van der Waals surface area contributed by atoms with Gasteiger partial charge in [0.25, 0.3) is 0 Å². The largest absolute Gasteiger partial charge is 0.481 e. The maximum Gasteiger partial charge on any atom is 0.305 e. The summed E-state index contributed by atoms with van der Waals surface area (Å²) in [6.45, 7) is 6.21. The van der Waals surface area contributed by atoms with E-state index in [1.54, 1.807) is 6.92 Å². The van der Waals surface area contributed by atoms with Gasteiger partial charge in [0.1, 0.15) is 0 Å². The highest BCUT2D eigenvalue weighted by molar-refractivity contribution is 5.79. The van der Waals surface area contributed by atoms with E-state index in [4.69, 9.17) is 5.11 Å². The molecule has 1 rings (SSSR count). The number of carboxylic acid groups (broad SMARTS) is 1. The Morgan fingerprint density at radius 2 is 1.72 bits per heavy atom. The van der Waals surface area contributed by atoms with Crippen LogP contribution in [0.3, 0.4) is 0 Å². The number of carboxylic acids is 1. The van der Waals surface area contributed by atoms with Crippen LogP contribution in [0.1, 0.15) is 52.9 Å². The highest BCUT2D eigenvalue weighted by atomic mass is 16.4. The van der Waals surface area contributed by atoms with Crippen LogP contribution in [0.2, 0.25) is 0 Å². The number of carbonyl (C=O) groups is 2. The molecule has 1 saturated carbocycles. The molecule has 0 aromatic heterocycles. The third-order valence-electron chi connectivity index (χ3n) is 3.95. The standard InChI is InChI=1S/C14H25NO3/c1-9(2)11-4-6-12(7-5-11)14(18)15-10(3)8-13(16)17/h9-12H,4-8H2,1-3H3,(H,15,18)(H,16,17). The van der Waals surface area contributed by atoms with Gasteiger partial charge in [-0.1, -0.05) is 13.8 Å². The van der Waals surface area contributed by atoms with Gasteiger partial charge in [0.05, 0.1) is 6.42 Å². The third kappa shape index (κ3) is 4.67. The van der Waals surface area contributed by atoms with Crippen molar-refractivity contribution in [1.82, 2.24) is 5.32 Å². The maximum absolute atomic E-state index is 12.0. The second-order valence-corrected chi connectivity index (χ2v) is 5.86. The summed E-state index contributed by atoms with van der Waals surface area (Å²) in [7, 11) is 0. The number of carbonyl (C=O) groups excluding carboxylic acids is 1. The molecule has 0 aromatic rings. The predicted molar refractivity (Wildman–Crippen MR) is 70.1 cm³/mol. The minimum atomic E-state index is -0.869. The van der Waals surface area contributed by atoms with E-state index in [9.17, 15) is 9.59 Å². The lowest BCUT2D eigenvalue weighted by molar-refractivity contribution is -0.137. The van der Waals surface area contributed by atoms with Gasteiger partial charge in [0, 0.05) is 12.0 Å². The van der Waals surface area contributed by atoms with Gasteiger partial charge in [-0.3, -0.25) is 9.59 Å². The van der Waals surface area contributed by atoms with Gasteiger partial charge in [0.2, 0.25) is 5.91 Å². The Bertz CT molecular complexity index is 293. The van der Waals surface area contributed by atoms with Gasteiger partial charge in [0.15, 0.2) is 0 Å². The predicted octanol–water partition coefficient (Wildman–Crippen LogP) is 2.43. The number of hydrogen-bond acceptors (Lipinski definition) is 2. The van der Waals surface area contributed by atoms with Crippen molar-refractivity contribution < 1.29 is 14.7 Å². The monoisotopic (exact) mass is 255 g/mol. The molecule has 104 valence electrons. The number of amides is 1. The van der Waals surface area contributed by atoms with Crippen LogP contribution < -0.4 is 5.32 Å². The van der Waals surface area contributed by atoms with Gasteiger partial charge in [-0.2, -0.15) is 0 Å². The second kappa shape index (κ2) is 6.76. The van der Waals surface area contributed by atoms with Crippen LogP contribution in [-0.4, -0.2) is 23.0 Å². The SMILES string of the molecule is CC(CC(=O)O)NC(=O)C1CCC(C(C)C)CC1. The summed E-state index contributed by atoms with van der Waals surface area (Å²) in [6.07, 6.45) is 4.10. The first-order chi connectivity index (χ1) is 8.40. The second-order valence-electron chi connectivity index (χ2n) is 5.86. The van der Waals surface area contributed by atoms with Crippen molar-refractivity contribution >= 4 is 11.9 Å². The molecule has 0 bridgehead atoms. The van der Waals surface area contributed by atoms with Crippen molar-refractivity contribution in [3.63, 3.8) is 0 Å². The van der Waals surface area contributed by atoms with Crippen molar-refractivity contribution in [1.29, 1.82) is 0 Å². The molecule has 0 spiro atoms. The molecule has 1 unspecified atom stereocenters. The molecule has 0 saturated heterocycles. The lowest BCUT2D eigenvalue weighted by Crippen LogP contribution is -2.39. The van der Waals surface area contributed by atoms with E-state index in [0.717, 1.165) is 31.6 Å². The molecular formula is C14H25NO3. The summed E-state index contributed by atoms with van der Waals surface area (Å²) in [4.78, 5) is 22.5. The normalized spacial score (nSPS) is 25.8. The van der Waals surface area contributed by atoms with E-state index in [-0.39, 0.29) is 24.3 Å². The van der Waals surface area contributed by atoms with E-state index in [1.165, 1.54) is 0 Å². The maximum atomic E-state index is 12.0. The summed E-state index contributed by atoms with van der Waals surface area (Å²) in [5.74, 6) is 0.680. The smallest absolute Gasteiger partial charge is 0.305 e. The van der Waals surface area contributed by atoms with Gasteiger partial charge in [-0.15, -0.1) is 0 Å². The molecule has 0 heterocycles. The minimum absolute atomic E-state index is 0.00687. The zero-order valence-electron chi connectivity index (χ0n) is 11.6. The Labute approximate surface area is 109 Å². The number of rotatable bonds is 5. The van der Waals surface area contributed by atoms with Gasteiger partial charge in [-0.25, -0.2) is 0 Å². The van der Waals surface area contributed by atoms with E-state index in [0.29, 0.717) is 5.92 Å². The van der Waals surface area contributed by atoms with Crippen molar-refractivity contribution in [2.75, 3.05) is 0 Å². The Hall–Kier alpha value is -1.06. The first kappa shape index (κ1) is 15.0. The molecule has 18 heavy (non-hydrogen) atoms. The van der Waals surface area contributed by atoms with Crippen LogP contribution in [0.5, 0.6) is 0 Å². The Balaban J connectivity index is 2.34. The lowest BCUT2D eigenvalue weighted by atomic mass is 9.76. The topological polar surface area (TPSA) is 66.4 Å². The number of aliphatic carboxylic acids is 1. The molecule has 1 aliphatic carbocycles. The minimum Gasteiger partial charge on any atom is -0.481 e. The molecule has 1 aliphatic rings. The van der Waals surface area contributed by atoms with Crippen molar-refractivity contribution in [3.8, 4) is 0 Å². The first-order valence-electron chi connectivity index (χ1n) is 6.92. The number of hydrogen-bond donors (Lipinski definition) is 2. The Kier molecular flexibility index (Phi) is 5.63. The molecule has 1 amide bonds. The van der Waals surface area contributed by atoms with Gasteiger partial charge < -0.3 is 10.4 Å². The quantitative estimate of drug-likeness (QED) is 0.793. The third-order valence-corrected chi connectivity index (χ3v) is 3.95. The lowest BCUT2D eigenvalue weighted by Gasteiger charge is -2.30. The average molecular weight is 255 g/mol. The Morgan fingerprint density at radius 3 is 2.17 bits per heavy atom. The van der Waals surface area contributed by atoms with Gasteiger partial charge in [-0.05, 0) is 44.4 Å². The summed E-state index contributed by atoms with van der Waals surface area (Å²) < 4.78 is 0. The van der Waals surface area contributed by atoms with Crippen molar-refractivity contribution in [2.24, 2.45) is 17.8 Å². The average Bonchev–Trinajstić information content (AvgIpc) is 2.27. The van der Waals surface area contributed by atoms with Crippen LogP contribution in [0, 0.1) is 17.8 Å². The fourth-order valence-electron chi connectivity index (χ4n) is 2.72. The van der Waals surface area contributed by atoms with Gasteiger partial charge >= 0.3 is 5.97 Å². The van der Waals surface area contributed by atoms with E-state index < -0.39 is 5.97 Å². The fraction of sp³-hybridized carbons (Fsp3) is 0.857. The molecule has 0 aromatic carbocycles. The van der Waals surface area contributed by atoms with Crippen LogP contribution in [0.25, 0.3) is 0 Å². The summed E-state index contributed by atoms with van der Waals surface area (Å²) in [5, 5.41) is 11.5. The molecule has 1 fully saturated rings. The molecule has 2 N–H and O–H groups in total. The molecule has 1 atom stereocenters. The van der Waals surface area contributed by atoms with E-state index in [1.807, 2.05) is 0 Å². The molecule has 0 radical (unpaired) electrons. The Morgan fingerprint density at radius 1 is 1.17 bits per heavy atom. The molecule has 4 nitrogen and oxygen atoms in total. The van der Waals surface area contributed by atoms with Crippen LogP contribution >= 0.6 is 0 Å². The molecule has 0 aliphatic heterocycles. The van der Waals surface area contributed by atoms with Crippen LogP contribution in [0.15, 0.2) is 0 Å². The van der Waals surface area contributed by atoms with E-state index >= 15 is 0 Å². The molecule has 4 heteroatoms. The van der Waals surface area contributed by atoms with Crippen LogP contribution in [-0.2, 0) is 9.59 Å². The highest BCUT2D eigenvalue weighted by Crippen LogP contribution is 2.33. The highest BCUT2D eigenvalue weighted by Gasteiger charge is 2.28. The summed E-state index contributed by atoms with van der Waals surface area (Å²) in [6, 6.07) is -0.280. The fourth-order valence-corrected chi connectivity index (χ4v) is 2.72. The van der Waals surface area contributed by atoms with E-state index in [2.05, 4.69) is 19.2 Å². The summed E-state index contributed by atoms with van der Waals surface area (Å²) >= 11 is 0. The van der Waals surface area contributed by atoms with Crippen molar-refractivity contribution in [3.05, 3.63) is 0 Å².